The van der Waals surface area contributed by atoms with E-state index < -0.39 is 0 Å². The fraction of sp³-hybridized carbons (Fsp3) is 0.227. The van der Waals surface area contributed by atoms with E-state index in [1.54, 1.807) is 12.4 Å². The Balaban J connectivity index is 1.13. The lowest BCUT2D eigenvalue weighted by atomic mass is 10.2. The van der Waals surface area contributed by atoms with Gasteiger partial charge in [-0.3, -0.25) is 9.89 Å². The summed E-state index contributed by atoms with van der Waals surface area (Å²) in [5.74, 6) is 0.985. The molecule has 0 aliphatic heterocycles. The van der Waals surface area contributed by atoms with Gasteiger partial charge in [0.15, 0.2) is 0 Å². The zero-order chi connectivity index (χ0) is 21.7. The second kappa shape index (κ2) is 7.45. The Labute approximate surface area is 187 Å². The number of halogens is 1. The third-order valence-corrected chi connectivity index (χ3v) is 5.89. The van der Waals surface area contributed by atoms with E-state index in [1.165, 1.54) is 18.4 Å². The Morgan fingerprint density at radius 1 is 1.19 bits per heavy atom. The highest BCUT2D eigenvalue weighted by Crippen LogP contribution is 2.39. The molecule has 0 spiro atoms. The maximum absolute atomic E-state index is 12.5. The molecule has 0 atom stereocenters. The Kier molecular flexibility index (Phi) is 4.43. The zero-order valence-electron chi connectivity index (χ0n) is 17.0. The largest absolute Gasteiger partial charge is 0.344 e. The maximum Gasteiger partial charge on any atom is 0.291 e. The lowest BCUT2D eigenvalue weighted by Crippen LogP contribution is -2.24. The number of pyridine rings is 2. The number of nitrogens with one attached hydrogen (secondary N) is 2. The second-order valence-electron chi connectivity index (χ2n) is 8.03. The van der Waals surface area contributed by atoms with E-state index >= 15 is 0 Å². The van der Waals surface area contributed by atoms with Crippen molar-refractivity contribution in [2.45, 2.75) is 31.7 Å². The number of aromatic amines is 1. The van der Waals surface area contributed by atoms with Gasteiger partial charge in [-0.1, -0.05) is 17.7 Å². The molecule has 160 valence electrons. The number of imidazole rings is 2. The molecule has 0 saturated heterocycles. The van der Waals surface area contributed by atoms with E-state index in [0.29, 0.717) is 28.9 Å². The number of H-pyrrole nitrogens is 1. The average Bonchev–Trinajstić information content (AvgIpc) is 3.21. The van der Waals surface area contributed by atoms with Gasteiger partial charge in [0, 0.05) is 23.6 Å². The fourth-order valence-electron chi connectivity index (χ4n) is 3.85. The molecule has 1 saturated carbocycles. The van der Waals surface area contributed by atoms with Crippen molar-refractivity contribution in [1.29, 1.82) is 0 Å². The van der Waals surface area contributed by atoms with Crippen LogP contribution in [0.3, 0.4) is 0 Å². The molecule has 0 aromatic carbocycles. The van der Waals surface area contributed by atoms with Crippen molar-refractivity contribution in [3.8, 4) is 0 Å². The highest BCUT2D eigenvalue weighted by molar-refractivity contribution is 6.30. The molecule has 5 heterocycles. The lowest BCUT2D eigenvalue weighted by Gasteiger charge is -2.01. The van der Waals surface area contributed by atoms with Crippen molar-refractivity contribution in [2.24, 2.45) is 0 Å². The van der Waals surface area contributed by atoms with E-state index in [-0.39, 0.29) is 18.3 Å². The normalized spacial score (nSPS) is 13.8. The van der Waals surface area contributed by atoms with Gasteiger partial charge in [0.25, 0.3) is 5.91 Å². The predicted octanol–water partition coefficient (Wildman–Crippen LogP) is 3.15. The minimum Gasteiger partial charge on any atom is -0.344 e. The Morgan fingerprint density at radius 3 is 2.97 bits per heavy atom. The summed E-state index contributed by atoms with van der Waals surface area (Å²) >= 11 is 6.07. The Morgan fingerprint density at radius 2 is 2.09 bits per heavy atom. The summed E-state index contributed by atoms with van der Waals surface area (Å²) in [6, 6.07) is 7.79. The van der Waals surface area contributed by atoms with Gasteiger partial charge in [-0.25, -0.2) is 15.0 Å². The van der Waals surface area contributed by atoms with Gasteiger partial charge in [0.1, 0.15) is 11.5 Å². The summed E-state index contributed by atoms with van der Waals surface area (Å²) in [5, 5.41) is 10.3. The number of hydrogen-bond donors (Lipinski definition) is 2. The first kappa shape index (κ1) is 19.0. The van der Waals surface area contributed by atoms with Crippen molar-refractivity contribution in [1.82, 2.24) is 39.3 Å². The molecule has 0 unspecified atom stereocenters. The van der Waals surface area contributed by atoms with Gasteiger partial charge in [0.05, 0.1) is 36.2 Å². The molecule has 2 N–H and O–H groups in total. The summed E-state index contributed by atoms with van der Waals surface area (Å²) < 4.78 is 3.90. The average molecular weight is 447 g/mol. The van der Waals surface area contributed by atoms with Gasteiger partial charge in [0.2, 0.25) is 5.82 Å². The number of amides is 1. The molecule has 6 rings (SSSR count). The number of nitrogens with zero attached hydrogens (tertiary/aromatic N) is 6. The predicted molar refractivity (Wildman–Crippen MR) is 118 cm³/mol. The van der Waals surface area contributed by atoms with Crippen molar-refractivity contribution < 1.29 is 4.79 Å². The molecule has 9 nitrogen and oxygen atoms in total. The van der Waals surface area contributed by atoms with Crippen LogP contribution >= 0.6 is 11.6 Å². The van der Waals surface area contributed by atoms with Crippen molar-refractivity contribution in [3.63, 3.8) is 0 Å². The number of fused-ring (bicyclic) bond motifs is 2. The summed E-state index contributed by atoms with van der Waals surface area (Å²) in [6.07, 6.45) is 10.6. The van der Waals surface area contributed by atoms with E-state index in [1.807, 2.05) is 28.9 Å². The van der Waals surface area contributed by atoms with Gasteiger partial charge in [-0.15, -0.1) is 5.10 Å². The van der Waals surface area contributed by atoms with Gasteiger partial charge in [-0.2, -0.15) is 0 Å². The molecule has 32 heavy (non-hydrogen) atoms. The van der Waals surface area contributed by atoms with Gasteiger partial charge < -0.3 is 14.1 Å². The van der Waals surface area contributed by atoms with Crippen molar-refractivity contribution in [3.05, 3.63) is 82.8 Å². The number of carbonyl (C=O) groups excluding carboxylic acids is 1. The van der Waals surface area contributed by atoms with Gasteiger partial charge in [-0.05, 0) is 42.5 Å². The first-order chi connectivity index (χ1) is 15.6. The molecule has 1 aliphatic rings. The highest BCUT2D eigenvalue weighted by atomic mass is 35.5. The Bertz CT molecular complexity index is 1460. The topological polar surface area (TPSA) is 105 Å². The van der Waals surface area contributed by atoms with Crippen molar-refractivity contribution >= 4 is 28.7 Å². The summed E-state index contributed by atoms with van der Waals surface area (Å²) in [7, 11) is 0. The van der Waals surface area contributed by atoms with Crippen LogP contribution in [0.1, 0.15) is 52.2 Å². The van der Waals surface area contributed by atoms with E-state index in [2.05, 4.69) is 47.1 Å². The Hall–Kier alpha value is -3.72. The summed E-state index contributed by atoms with van der Waals surface area (Å²) in [5.41, 5.74) is 4.67. The molecule has 1 aliphatic carbocycles. The number of rotatable bonds is 6. The van der Waals surface area contributed by atoms with Crippen LogP contribution in [0.15, 0.2) is 49.2 Å². The van der Waals surface area contributed by atoms with Crippen LogP contribution in [0.4, 0.5) is 0 Å². The SMILES string of the molecule is O=C(NCc1ncn2ccc(Cl)cc12)c1n[nH]c(Cc2cn3cc(C4CC4)ccc3n2)n1. The van der Waals surface area contributed by atoms with Crippen LogP contribution in [-0.2, 0) is 13.0 Å². The maximum atomic E-state index is 12.5. The van der Waals surface area contributed by atoms with E-state index in [0.717, 1.165) is 16.9 Å². The quantitative estimate of drug-likeness (QED) is 0.417. The molecule has 5 aromatic rings. The van der Waals surface area contributed by atoms with E-state index in [4.69, 9.17) is 11.6 Å². The molecular weight excluding hydrogens is 428 g/mol. The smallest absolute Gasteiger partial charge is 0.291 e. The van der Waals surface area contributed by atoms with Crippen LogP contribution in [-0.4, -0.2) is 39.9 Å². The van der Waals surface area contributed by atoms with Crippen LogP contribution in [0.2, 0.25) is 5.02 Å². The molecule has 1 amide bonds. The van der Waals surface area contributed by atoms with Gasteiger partial charge >= 0.3 is 0 Å². The number of aromatic nitrogens is 7. The minimum absolute atomic E-state index is 0.0846. The molecule has 1 fully saturated rings. The lowest BCUT2D eigenvalue weighted by molar-refractivity contribution is 0.0940. The molecule has 0 radical (unpaired) electrons. The van der Waals surface area contributed by atoms with Crippen LogP contribution in [0, 0.1) is 0 Å². The number of carbonyl (C=O) groups is 1. The summed E-state index contributed by atoms with van der Waals surface area (Å²) in [4.78, 5) is 25.8. The van der Waals surface area contributed by atoms with Crippen LogP contribution < -0.4 is 5.32 Å². The monoisotopic (exact) mass is 446 g/mol. The highest BCUT2D eigenvalue weighted by Gasteiger charge is 2.24. The van der Waals surface area contributed by atoms with Crippen LogP contribution in [0.25, 0.3) is 11.2 Å². The third kappa shape index (κ3) is 3.60. The zero-order valence-corrected chi connectivity index (χ0v) is 17.8. The third-order valence-electron chi connectivity index (χ3n) is 5.65. The van der Waals surface area contributed by atoms with Crippen LogP contribution in [0.5, 0.6) is 0 Å². The number of hydrogen-bond acceptors (Lipinski definition) is 5. The first-order valence-corrected chi connectivity index (χ1v) is 10.8. The first-order valence-electron chi connectivity index (χ1n) is 10.4. The summed E-state index contributed by atoms with van der Waals surface area (Å²) in [6.45, 7) is 0.245. The van der Waals surface area contributed by atoms with E-state index in [9.17, 15) is 4.79 Å². The molecule has 10 heteroatoms. The fourth-order valence-corrected chi connectivity index (χ4v) is 4.01. The molecule has 0 bridgehead atoms. The standard InChI is InChI=1S/C22H19ClN8O/c23-15-5-6-30-12-25-17(18(30)7-15)9-24-22(32)21-27-19(28-29-21)8-16-11-31-10-14(13-1-2-13)3-4-20(31)26-16/h3-7,10-13H,1-2,8-9H2,(H,24,32)(H,27,28,29). The second-order valence-corrected chi connectivity index (χ2v) is 8.46. The molecular formula is C22H19ClN8O. The molecule has 5 aromatic heterocycles. The van der Waals surface area contributed by atoms with Crippen molar-refractivity contribution in [2.75, 3.05) is 0 Å². The minimum atomic E-state index is -0.375.